The summed E-state index contributed by atoms with van der Waals surface area (Å²) >= 11 is 4.51. The highest BCUT2D eigenvalue weighted by molar-refractivity contribution is 7.81. The van der Waals surface area contributed by atoms with E-state index in [0.29, 0.717) is 12.5 Å². The Morgan fingerprint density at radius 1 is 1.45 bits per heavy atom. The van der Waals surface area contributed by atoms with Crippen LogP contribution in [0, 0.1) is 0 Å². The SMILES string of the molecule is CN1CCCC(N(C)C(=O)C(S)Cc2ccccc2)C1. The Balaban J connectivity index is 1.92. The van der Waals surface area contributed by atoms with E-state index in [9.17, 15) is 4.79 Å². The van der Waals surface area contributed by atoms with E-state index in [2.05, 4.69) is 24.6 Å². The number of rotatable bonds is 4. The molecule has 1 aliphatic heterocycles. The number of piperidine rings is 1. The third-order valence-electron chi connectivity index (χ3n) is 4.05. The van der Waals surface area contributed by atoms with Gasteiger partial charge in [-0.05, 0) is 38.4 Å². The van der Waals surface area contributed by atoms with Gasteiger partial charge in [0.05, 0.1) is 5.25 Å². The Kier molecular flexibility index (Phi) is 5.49. The van der Waals surface area contributed by atoms with Crippen molar-refractivity contribution in [2.45, 2.75) is 30.6 Å². The number of carbonyl (C=O) groups excluding carboxylic acids is 1. The molecule has 1 saturated heterocycles. The molecule has 0 N–H and O–H groups in total. The Morgan fingerprint density at radius 2 is 2.15 bits per heavy atom. The van der Waals surface area contributed by atoms with Crippen molar-refractivity contribution in [1.82, 2.24) is 9.80 Å². The summed E-state index contributed by atoms with van der Waals surface area (Å²) in [7, 11) is 4.03. The summed E-state index contributed by atoms with van der Waals surface area (Å²) in [6.07, 6.45) is 2.95. The Bertz CT molecular complexity index is 437. The Morgan fingerprint density at radius 3 is 2.80 bits per heavy atom. The van der Waals surface area contributed by atoms with E-state index in [4.69, 9.17) is 0 Å². The highest BCUT2D eigenvalue weighted by atomic mass is 32.1. The molecule has 1 heterocycles. The summed E-state index contributed by atoms with van der Waals surface area (Å²) in [4.78, 5) is 16.7. The third-order valence-corrected chi connectivity index (χ3v) is 4.46. The van der Waals surface area contributed by atoms with Gasteiger partial charge in [0.1, 0.15) is 0 Å². The van der Waals surface area contributed by atoms with Crippen molar-refractivity contribution in [3.05, 3.63) is 35.9 Å². The largest absolute Gasteiger partial charge is 0.341 e. The second kappa shape index (κ2) is 7.14. The van der Waals surface area contributed by atoms with Gasteiger partial charge in [0.2, 0.25) is 5.91 Å². The summed E-state index contributed by atoms with van der Waals surface area (Å²) in [5.74, 6) is 0.137. The maximum absolute atomic E-state index is 12.5. The quantitative estimate of drug-likeness (QED) is 0.859. The van der Waals surface area contributed by atoms with Crippen LogP contribution in [0.15, 0.2) is 30.3 Å². The van der Waals surface area contributed by atoms with E-state index in [1.807, 2.05) is 42.3 Å². The van der Waals surface area contributed by atoms with Crippen LogP contribution in [0.4, 0.5) is 0 Å². The molecule has 2 unspecified atom stereocenters. The lowest BCUT2D eigenvalue weighted by Gasteiger charge is -2.36. The number of likely N-dealkylation sites (N-methyl/N-ethyl adjacent to an activating group) is 2. The van der Waals surface area contributed by atoms with E-state index in [1.165, 1.54) is 0 Å². The molecule has 20 heavy (non-hydrogen) atoms. The van der Waals surface area contributed by atoms with Crippen LogP contribution in [0.1, 0.15) is 18.4 Å². The molecule has 1 aromatic carbocycles. The number of likely N-dealkylation sites (tertiary alicyclic amines) is 1. The molecule has 1 aliphatic rings. The molecule has 2 atom stereocenters. The Hall–Kier alpha value is -1.00. The van der Waals surface area contributed by atoms with Crippen molar-refractivity contribution in [2.24, 2.45) is 0 Å². The van der Waals surface area contributed by atoms with Crippen molar-refractivity contribution >= 4 is 18.5 Å². The first-order valence-corrected chi connectivity index (χ1v) is 7.77. The first-order chi connectivity index (χ1) is 9.58. The van der Waals surface area contributed by atoms with Gasteiger partial charge in [0.25, 0.3) is 0 Å². The second-order valence-corrected chi connectivity index (χ2v) is 6.34. The van der Waals surface area contributed by atoms with Crippen molar-refractivity contribution in [3.63, 3.8) is 0 Å². The van der Waals surface area contributed by atoms with Crippen LogP contribution >= 0.6 is 12.6 Å². The molecule has 0 aliphatic carbocycles. The van der Waals surface area contributed by atoms with Crippen LogP contribution in [0.3, 0.4) is 0 Å². The molecule has 4 heteroatoms. The van der Waals surface area contributed by atoms with Crippen LogP contribution in [-0.2, 0) is 11.2 Å². The summed E-state index contributed by atoms with van der Waals surface area (Å²) in [6.45, 7) is 2.10. The van der Waals surface area contributed by atoms with Gasteiger partial charge < -0.3 is 9.80 Å². The lowest BCUT2D eigenvalue weighted by atomic mass is 10.0. The average molecular weight is 292 g/mol. The normalized spacial score (nSPS) is 21.4. The number of benzene rings is 1. The van der Waals surface area contributed by atoms with E-state index < -0.39 is 0 Å². The molecule has 2 rings (SSSR count). The van der Waals surface area contributed by atoms with Crippen LogP contribution in [0.2, 0.25) is 0 Å². The lowest BCUT2D eigenvalue weighted by Crippen LogP contribution is -2.49. The molecule has 0 bridgehead atoms. The van der Waals surface area contributed by atoms with Gasteiger partial charge in [-0.1, -0.05) is 30.3 Å². The molecule has 110 valence electrons. The van der Waals surface area contributed by atoms with Crippen LogP contribution < -0.4 is 0 Å². The van der Waals surface area contributed by atoms with Gasteiger partial charge in [-0.3, -0.25) is 4.79 Å². The standard InChI is InChI=1S/C16H24N2OS/c1-17-10-6-9-14(12-17)18(2)16(19)15(20)11-13-7-4-3-5-8-13/h3-5,7-8,14-15,20H,6,9-12H2,1-2H3. The number of hydrogen-bond donors (Lipinski definition) is 1. The van der Waals surface area contributed by atoms with Gasteiger partial charge in [-0.25, -0.2) is 0 Å². The number of nitrogens with zero attached hydrogens (tertiary/aromatic N) is 2. The fourth-order valence-electron chi connectivity index (χ4n) is 2.79. The molecule has 3 nitrogen and oxygen atoms in total. The van der Waals surface area contributed by atoms with Gasteiger partial charge in [-0.2, -0.15) is 12.6 Å². The van der Waals surface area contributed by atoms with Crippen LogP contribution in [0.25, 0.3) is 0 Å². The molecule has 0 aromatic heterocycles. The van der Waals surface area contributed by atoms with E-state index in [1.54, 1.807) is 0 Å². The molecule has 1 amide bonds. The highest BCUT2D eigenvalue weighted by Gasteiger charge is 2.27. The third kappa shape index (κ3) is 4.00. The summed E-state index contributed by atoms with van der Waals surface area (Å²) < 4.78 is 0. The van der Waals surface area contributed by atoms with Gasteiger partial charge in [0, 0.05) is 19.6 Å². The number of thiol groups is 1. The monoisotopic (exact) mass is 292 g/mol. The zero-order chi connectivity index (χ0) is 14.5. The Labute approximate surface area is 127 Å². The summed E-state index contributed by atoms with van der Waals surface area (Å²) in [6, 6.07) is 10.4. The fraction of sp³-hybridized carbons (Fsp3) is 0.562. The predicted molar refractivity (Wildman–Crippen MR) is 86.2 cm³/mol. The molecule has 1 aromatic rings. The van der Waals surface area contributed by atoms with Crippen LogP contribution in [0.5, 0.6) is 0 Å². The van der Waals surface area contributed by atoms with E-state index in [-0.39, 0.29) is 11.2 Å². The molecule has 1 fully saturated rings. The zero-order valence-corrected chi connectivity index (χ0v) is 13.2. The smallest absolute Gasteiger partial charge is 0.235 e. The first-order valence-electron chi connectivity index (χ1n) is 7.25. The van der Waals surface area contributed by atoms with Gasteiger partial charge in [0.15, 0.2) is 0 Å². The molecule has 0 saturated carbocycles. The maximum Gasteiger partial charge on any atom is 0.235 e. The highest BCUT2D eigenvalue weighted by Crippen LogP contribution is 2.17. The second-order valence-electron chi connectivity index (χ2n) is 5.71. The average Bonchev–Trinajstić information content (AvgIpc) is 2.46. The van der Waals surface area contributed by atoms with Gasteiger partial charge in [-0.15, -0.1) is 0 Å². The zero-order valence-electron chi connectivity index (χ0n) is 12.3. The summed E-state index contributed by atoms with van der Waals surface area (Å²) in [5.41, 5.74) is 1.16. The van der Waals surface area contributed by atoms with Crippen molar-refractivity contribution in [3.8, 4) is 0 Å². The predicted octanol–water partition coefficient (Wildman–Crippen LogP) is 2.08. The molecule has 0 radical (unpaired) electrons. The minimum absolute atomic E-state index is 0.137. The maximum atomic E-state index is 12.5. The van der Waals surface area contributed by atoms with E-state index >= 15 is 0 Å². The number of amides is 1. The molecule has 0 spiro atoms. The van der Waals surface area contributed by atoms with Crippen molar-refractivity contribution < 1.29 is 4.79 Å². The van der Waals surface area contributed by atoms with Gasteiger partial charge >= 0.3 is 0 Å². The van der Waals surface area contributed by atoms with E-state index in [0.717, 1.165) is 31.5 Å². The number of hydrogen-bond acceptors (Lipinski definition) is 3. The minimum atomic E-state index is -0.255. The van der Waals surface area contributed by atoms with Crippen molar-refractivity contribution in [2.75, 3.05) is 27.2 Å². The van der Waals surface area contributed by atoms with Crippen LogP contribution in [-0.4, -0.2) is 54.2 Å². The number of carbonyl (C=O) groups is 1. The first kappa shape index (κ1) is 15.4. The topological polar surface area (TPSA) is 23.6 Å². The fourth-order valence-corrected chi connectivity index (χ4v) is 3.19. The summed E-state index contributed by atoms with van der Waals surface area (Å²) in [5, 5.41) is -0.255. The van der Waals surface area contributed by atoms with Crippen molar-refractivity contribution in [1.29, 1.82) is 0 Å². The minimum Gasteiger partial charge on any atom is -0.341 e. The molecular weight excluding hydrogens is 268 g/mol. The lowest BCUT2D eigenvalue weighted by molar-refractivity contribution is -0.132. The molecular formula is C16H24N2OS.